The Balaban J connectivity index is 2.11. The molecule has 1 atom stereocenters. The van der Waals surface area contributed by atoms with Crippen LogP contribution in [0.4, 0.5) is 0 Å². The predicted molar refractivity (Wildman–Crippen MR) is 92.3 cm³/mol. The summed E-state index contributed by atoms with van der Waals surface area (Å²) in [7, 11) is 1.97. The lowest BCUT2D eigenvalue weighted by molar-refractivity contribution is 0.720. The Labute approximate surface area is 137 Å². The number of hydrogen-bond acceptors (Lipinski definition) is 2. The van der Waals surface area contributed by atoms with Gasteiger partial charge in [0, 0.05) is 22.1 Å². The third-order valence-corrected chi connectivity index (χ3v) is 5.16. The molecule has 0 fully saturated rings. The van der Waals surface area contributed by atoms with Crippen LogP contribution in [-0.4, -0.2) is 15.0 Å². The van der Waals surface area contributed by atoms with Crippen molar-refractivity contribution < 1.29 is 0 Å². The highest BCUT2D eigenvalue weighted by Gasteiger charge is 2.25. The molecule has 0 spiro atoms. The summed E-state index contributed by atoms with van der Waals surface area (Å²) in [5, 5.41) is 8.71. The topological polar surface area (TPSA) is 30.7 Å². The first-order valence-electron chi connectivity index (χ1n) is 6.97. The molecule has 4 rings (SSSR count). The van der Waals surface area contributed by atoms with E-state index in [4.69, 9.17) is 0 Å². The maximum Gasteiger partial charge on any atom is 0.121 e. The monoisotopic (exact) mass is 387 g/mol. The average molecular weight is 387 g/mol. The van der Waals surface area contributed by atoms with Crippen LogP contribution < -0.4 is 0 Å². The van der Waals surface area contributed by atoms with Crippen molar-refractivity contribution in [1.82, 2.24) is 15.0 Å². The van der Waals surface area contributed by atoms with E-state index in [9.17, 15) is 0 Å². The highest BCUT2D eigenvalue weighted by atomic mass is 127. The minimum atomic E-state index is 0.440. The summed E-state index contributed by atoms with van der Waals surface area (Å²) in [6.45, 7) is 0. The van der Waals surface area contributed by atoms with Crippen LogP contribution in [0.1, 0.15) is 15.1 Å². The van der Waals surface area contributed by atoms with Gasteiger partial charge in [-0.15, -0.1) is 5.10 Å². The molecule has 1 unspecified atom stereocenters. The third-order valence-electron chi connectivity index (χ3n) is 4.05. The van der Waals surface area contributed by atoms with Gasteiger partial charge in [0.1, 0.15) is 5.69 Å². The van der Waals surface area contributed by atoms with Gasteiger partial charge in [-0.3, -0.25) is 0 Å². The van der Waals surface area contributed by atoms with Crippen LogP contribution in [-0.2, 0) is 13.5 Å². The van der Waals surface area contributed by atoms with Gasteiger partial charge in [-0.1, -0.05) is 76.3 Å². The number of halogens is 1. The van der Waals surface area contributed by atoms with E-state index in [1.165, 1.54) is 22.3 Å². The van der Waals surface area contributed by atoms with Crippen LogP contribution >= 0.6 is 22.6 Å². The zero-order valence-electron chi connectivity index (χ0n) is 11.6. The lowest BCUT2D eigenvalue weighted by atomic mass is 9.89. The summed E-state index contributed by atoms with van der Waals surface area (Å²) in [5.41, 5.74) is 7.25. The zero-order chi connectivity index (χ0) is 14.4. The van der Waals surface area contributed by atoms with Gasteiger partial charge in [-0.2, -0.15) is 0 Å². The molecular formula is C17H14IN3. The number of fused-ring (bicyclic) bond motifs is 5. The summed E-state index contributed by atoms with van der Waals surface area (Å²) < 4.78 is 2.33. The van der Waals surface area contributed by atoms with Crippen molar-refractivity contribution in [1.29, 1.82) is 0 Å². The van der Waals surface area contributed by atoms with Gasteiger partial charge >= 0.3 is 0 Å². The summed E-state index contributed by atoms with van der Waals surface area (Å²) >= 11 is 2.54. The van der Waals surface area contributed by atoms with Gasteiger partial charge in [0.05, 0.1) is 5.69 Å². The number of aryl methyl sites for hydroxylation is 1. The Hall–Kier alpha value is -1.69. The normalized spacial score (nSPS) is 16.4. The molecule has 0 radical (unpaired) electrons. The van der Waals surface area contributed by atoms with Crippen LogP contribution in [0.2, 0.25) is 0 Å². The highest BCUT2D eigenvalue weighted by molar-refractivity contribution is 14.1. The van der Waals surface area contributed by atoms with E-state index < -0.39 is 0 Å². The van der Waals surface area contributed by atoms with Gasteiger partial charge in [-0.25, -0.2) is 4.68 Å². The van der Waals surface area contributed by atoms with E-state index in [1.54, 1.807) is 0 Å². The molecule has 0 aliphatic heterocycles. The van der Waals surface area contributed by atoms with Gasteiger partial charge in [0.2, 0.25) is 0 Å². The SMILES string of the molecule is Cn1nnc2c1-c1ccccc1CC(I)c1ccccc1-2. The van der Waals surface area contributed by atoms with Gasteiger partial charge in [0.25, 0.3) is 0 Å². The summed E-state index contributed by atoms with van der Waals surface area (Å²) in [4.78, 5) is 0. The summed E-state index contributed by atoms with van der Waals surface area (Å²) in [6.07, 6.45) is 1.03. The minimum Gasteiger partial charge on any atom is -0.247 e. The number of rotatable bonds is 0. The van der Waals surface area contributed by atoms with E-state index in [0.29, 0.717) is 3.92 Å². The maximum atomic E-state index is 4.44. The maximum absolute atomic E-state index is 4.44. The number of nitrogens with zero attached hydrogens (tertiary/aromatic N) is 3. The van der Waals surface area contributed by atoms with Gasteiger partial charge < -0.3 is 0 Å². The number of benzene rings is 2. The number of hydrogen-bond donors (Lipinski definition) is 0. The molecule has 3 nitrogen and oxygen atoms in total. The fraction of sp³-hybridized carbons (Fsp3) is 0.176. The van der Waals surface area contributed by atoms with E-state index >= 15 is 0 Å². The second-order valence-corrected chi connectivity index (χ2v) is 6.83. The molecule has 0 saturated carbocycles. The molecule has 1 aromatic heterocycles. The third kappa shape index (κ3) is 2.00. The molecule has 3 aromatic rings. The van der Waals surface area contributed by atoms with Crippen LogP contribution in [0.5, 0.6) is 0 Å². The molecule has 104 valence electrons. The minimum absolute atomic E-state index is 0.440. The predicted octanol–water partition coefficient (Wildman–Crippen LogP) is 4.18. The van der Waals surface area contributed by atoms with Crippen LogP contribution in [0.15, 0.2) is 48.5 Å². The first-order chi connectivity index (χ1) is 10.3. The molecule has 2 aromatic carbocycles. The van der Waals surface area contributed by atoms with Crippen molar-refractivity contribution in [2.75, 3.05) is 0 Å². The lowest BCUT2D eigenvalue weighted by Gasteiger charge is -2.20. The van der Waals surface area contributed by atoms with Crippen molar-refractivity contribution >= 4 is 22.6 Å². The average Bonchev–Trinajstić information content (AvgIpc) is 2.88. The Morgan fingerprint density at radius 3 is 2.62 bits per heavy atom. The Morgan fingerprint density at radius 1 is 1.05 bits per heavy atom. The van der Waals surface area contributed by atoms with Crippen LogP contribution in [0.25, 0.3) is 22.5 Å². The second kappa shape index (κ2) is 4.94. The molecular weight excluding hydrogens is 373 g/mol. The lowest BCUT2D eigenvalue weighted by Crippen LogP contribution is -2.05. The zero-order valence-corrected chi connectivity index (χ0v) is 13.8. The van der Waals surface area contributed by atoms with E-state index in [0.717, 1.165) is 17.8 Å². The van der Waals surface area contributed by atoms with E-state index in [1.807, 2.05) is 11.7 Å². The molecule has 0 N–H and O–H groups in total. The van der Waals surface area contributed by atoms with Crippen molar-refractivity contribution in [3.05, 3.63) is 59.7 Å². The van der Waals surface area contributed by atoms with Gasteiger partial charge in [-0.05, 0) is 17.5 Å². The van der Waals surface area contributed by atoms with Crippen molar-refractivity contribution in [2.24, 2.45) is 7.05 Å². The number of aromatic nitrogens is 3. The molecule has 1 aliphatic rings. The van der Waals surface area contributed by atoms with Gasteiger partial charge in [0.15, 0.2) is 0 Å². The Bertz CT molecular complexity index is 822. The van der Waals surface area contributed by atoms with Crippen molar-refractivity contribution in [3.8, 4) is 22.5 Å². The Morgan fingerprint density at radius 2 is 1.76 bits per heavy atom. The molecule has 1 heterocycles. The standard InChI is InChI=1S/C17H14IN3/c1-21-17-12-7-3-2-6-11(12)10-15(18)13-8-4-5-9-14(13)16(17)19-20-21/h2-9,15H,10H2,1H3. The fourth-order valence-electron chi connectivity index (χ4n) is 3.06. The molecule has 4 heteroatoms. The Kier molecular flexibility index (Phi) is 3.06. The second-order valence-electron chi connectivity index (χ2n) is 5.33. The first kappa shape index (κ1) is 13.0. The number of alkyl halides is 1. The molecule has 0 bridgehead atoms. The van der Waals surface area contributed by atoms with Crippen LogP contribution in [0.3, 0.4) is 0 Å². The smallest absolute Gasteiger partial charge is 0.121 e. The van der Waals surface area contributed by atoms with E-state index in [2.05, 4.69) is 81.4 Å². The fourth-order valence-corrected chi connectivity index (χ4v) is 4.08. The molecule has 0 saturated heterocycles. The molecule has 0 amide bonds. The van der Waals surface area contributed by atoms with Crippen molar-refractivity contribution in [3.63, 3.8) is 0 Å². The summed E-state index contributed by atoms with van der Waals surface area (Å²) in [6, 6.07) is 17.1. The van der Waals surface area contributed by atoms with Crippen LogP contribution in [0, 0.1) is 0 Å². The first-order valence-corrected chi connectivity index (χ1v) is 8.21. The van der Waals surface area contributed by atoms with E-state index in [-0.39, 0.29) is 0 Å². The molecule has 1 aliphatic carbocycles. The van der Waals surface area contributed by atoms with Crippen molar-refractivity contribution in [2.45, 2.75) is 10.3 Å². The highest BCUT2D eigenvalue weighted by Crippen LogP contribution is 2.42. The largest absolute Gasteiger partial charge is 0.247 e. The quantitative estimate of drug-likeness (QED) is 0.428. The molecule has 21 heavy (non-hydrogen) atoms. The summed E-state index contributed by atoms with van der Waals surface area (Å²) in [5.74, 6) is 0.